The van der Waals surface area contributed by atoms with Crippen LogP contribution in [0, 0.1) is 5.92 Å². The van der Waals surface area contributed by atoms with Gasteiger partial charge in [-0.05, 0) is 58.6 Å². The first-order chi connectivity index (χ1) is 19.5. The Hall–Kier alpha value is -3.96. The number of aromatic nitrogens is 3. The second-order valence-corrected chi connectivity index (χ2v) is 12.2. The van der Waals surface area contributed by atoms with Gasteiger partial charge in [0.1, 0.15) is 34.3 Å². The van der Waals surface area contributed by atoms with Gasteiger partial charge in [-0.25, -0.2) is 9.59 Å². The molecule has 0 bridgehead atoms. The fourth-order valence-corrected chi connectivity index (χ4v) is 5.73. The smallest absolute Gasteiger partial charge is 0.408 e. The number of carboxylic acid groups (broad SMARTS) is 1. The molecule has 1 aromatic carbocycles. The van der Waals surface area contributed by atoms with Crippen molar-refractivity contribution in [3.63, 3.8) is 0 Å². The number of aliphatic carboxylic acids is 1. The van der Waals surface area contributed by atoms with E-state index >= 15 is 0 Å². The van der Waals surface area contributed by atoms with E-state index in [2.05, 4.69) is 20.8 Å². The minimum atomic E-state index is -1.40. The number of carbonyl (C=O) groups is 4. The number of rotatable bonds is 3. The number of nitrogens with zero attached hydrogens (tertiary/aromatic N) is 4. The van der Waals surface area contributed by atoms with Gasteiger partial charge in [0.2, 0.25) is 11.8 Å². The van der Waals surface area contributed by atoms with Gasteiger partial charge < -0.3 is 25.4 Å². The maximum atomic E-state index is 14.1. The van der Waals surface area contributed by atoms with E-state index in [1.165, 1.54) is 9.70 Å². The number of fused-ring (bicyclic) bond motifs is 3. The maximum absolute atomic E-state index is 14.1. The number of amides is 3. The number of nitrogens with one attached hydrogen (secondary N) is 2. The molecule has 1 aromatic heterocycles. The summed E-state index contributed by atoms with van der Waals surface area (Å²) in [5.41, 5.74) is -0.766. The van der Waals surface area contributed by atoms with Crippen molar-refractivity contribution in [3.05, 3.63) is 36.4 Å². The Labute approximate surface area is 238 Å². The number of hydrogen-bond donors (Lipinski definition) is 3. The minimum Gasteiger partial charge on any atom is -0.479 e. The SMILES string of the molecule is CC(C)(C)OC(=O)NC1CCCCC/C=C\C2CC2(C(=O)O)NC(=O)C2C[C@@H](n3nc4ccccc4n3)CN2C1=O. The molecule has 2 aromatic rings. The lowest BCUT2D eigenvalue weighted by atomic mass is 10.0. The number of allylic oxidation sites excluding steroid dienone is 1. The Morgan fingerprint density at radius 1 is 1.12 bits per heavy atom. The minimum absolute atomic E-state index is 0.133. The quantitative estimate of drug-likeness (QED) is 0.479. The Morgan fingerprint density at radius 2 is 1.83 bits per heavy atom. The molecule has 5 rings (SSSR count). The number of carbonyl (C=O) groups excluding carboxylic acids is 3. The fourth-order valence-electron chi connectivity index (χ4n) is 5.73. The average Bonchev–Trinajstić information content (AvgIpc) is 3.23. The van der Waals surface area contributed by atoms with Gasteiger partial charge in [0.05, 0.1) is 6.04 Å². The average molecular weight is 567 g/mol. The lowest BCUT2D eigenvalue weighted by Gasteiger charge is -2.30. The molecule has 5 atom stereocenters. The normalized spacial score (nSPS) is 29.9. The van der Waals surface area contributed by atoms with E-state index in [1.807, 2.05) is 36.4 Å². The molecule has 1 saturated heterocycles. The molecule has 3 amide bonds. The number of benzene rings is 1. The van der Waals surface area contributed by atoms with Crippen LogP contribution in [0.2, 0.25) is 0 Å². The fraction of sp³-hybridized carbons (Fsp3) is 0.586. The number of carboxylic acids is 1. The van der Waals surface area contributed by atoms with E-state index < -0.39 is 53.1 Å². The van der Waals surface area contributed by atoms with Crippen LogP contribution in [-0.2, 0) is 19.1 Å². The van der Waals surface area contributed by atoms with E-state index in [-0.39, 0.29) is 18.9 Å². The van der Waals surface area contributed by atoms with Crippen LogP contribution in [-0.4, -0.2) is 78.6 Å². The molecular weight excluding hydrogens is 528 g/mol. The topological polar surface area (TPSA) is 156 Å². The Morgan fingerprint density at radius 3 is 2.49 bits per heavy atom. The van der Waals surface area contributed by atoms with E-state index in [0.717, 1.165) is 19.3 Å². The van der Waals surface area contributed by atoms with Crippen LogP contribution in [0.25, 0.3) is 11.0 Å². The molecule has 3 aliphatic rings. The molecule has 1 aliphatic carbocycles. The van der Waals surface area contributed by atoms with Crippen LogP contribution >= 0.6 is 0 Å². The summed E-state index contributed by atoms with van der Waals surface area (Å²) < 4.78 is 5.43. The van der Waals surface area contributed by atoms with Crippen molar-refractivity contribution in [3.8, 4) is 0 Å². The summed E-state index contributed by atoms with van der Waals surface area (Å²) in [4.78, 5) is 55.8. The Bertz CT molecular complexity index is 1330. The second kappa shape index (κ2) is 11.1. The van der Waals surface area contributed by atoms with Crippen LogP contribution < -0.4 is 10.6 Å². The van der Waals surface area contributed by atoms with Gasteiger partial charge in [0.15, 0.2) is 0 Å². The van der Waals surface area contributed by atoms with Crippen LogP contribution in [0.15, 0.2) is 36.4 Å². The summed E-state index contributed by atoms with van der Waals surface area (Å²) in [6.45, 7) is 5.37. The third-order valence-corrected chi connectivity index (χ3v) is 7.96. The van der Waals surface area contributed by atoms with E-state index in [1.54, 1.807) is 20.8 Å². The molecule has 1 saturated carbocycles. The predicted octanol–water partition coefficient (Wildman–Crippen LogP) is 2.95. The van der Waals surface area contributed by atoms with Crippen molar-refractivity contribution >= 4 is 34.9 Å². The molecule has 0 spiro atoms. The third kappa shape index (κ3) is 6.20. The maximum Gasteiger partial charge on any atom is 0.408 e. The van der Waals surface area contributed by atoms with Crippen molar-refractivity contribution in [2.75, 3.05) is 6.54 Å². The van der Waals surface area contributed by atoms with Crippen LogP contribution in [0.5, 0.6) is 0 Å². The van der Waals surface area contributed by atoms with E-state index in [0.29, 0.717) is 30.3 Å². The zero-order valence-corrected chi connectivity index (χ0v) is 23.7. The van der Waals surface area contributed by atoms with E-state index in [4.69, 9.17) is 4.74 Å². The summed E-state index contributed by atoms with van der Waals surface area (Å²) in [5, 5.41) is 24.7. The Kier molecular flexibility index (Phi) is 7.76. The molecule has 12 heteroatoms. The van der Waals surface area contributed by atoms with Crippen molar-refractivity contribution in [2.45, 2.75) is 95.0 Å². The van der Waals surface area contributed by atoms with Gasteiger partial charge in [0, 0.05) is 18.9 Å². The number of ether oxygens (including phenoxy) is 1. The number of alkyl carbamates (subject to hydrolysis) is 1. The summed E-state index contributed by atoms with van der Waals surface area (Å²) in [6.07, 6.45) is 7.14. The van der Waals surface area contributed by atoms with Gasteiger partial charge in [-0.2, -0.15) is 15.0 Å². The highest BCUT2D eigenvalue weighted by Crippen LogP contribution is 2.45. The zero-order chi connectivity index (χ0) is 29.4. The lowest BCUT2D eigenvalue weighted by Crippen LogP contribution is -2.56. The molecule has 4 unspecified atom stereocenters. The molecule has 3 heterocycles. The molecule has 3 N–H and O–H groups in total. The largest absolute Gasteiger partial charge is 0.479 e. The van der Waals surface area contributed by atoms with Gasteiger partial charge in [0.25, 0.3) is 0 Å². The molecule has 41 heavy (non-hydrogen) atoms. The van der Waals surface area contributed by atoms with Gasteiger partial charge in [-0.1, -0.05) is 37.1 Å². The summed E-state index contributed by atoms with van der Waals surface area (Å²) in [7, 11) is 0. The van der Waals surface area contributed by atoms with Crippen molar-refractivity contribution in [1.82, 2.24) is 30.5 Å². The molecule has 2 fully saturated rings. The Balaban J connectivity index is 1.46. The summed E-state index contributed by atoms with van der Waals surface area (Å²) >= 11 is 0. The number of hydrogen-bond acceptors (Lipinski definition) is 7. The van der Waals surface area contributed by atoms with Gasteiger partial charge >= 0.3 is 12.1 Å². The predicted molar refractivity (Wildman–Crippen MR) is 149 cm³/mol. The highest BCUT2D eigenvalue weighted by Gasteiger charge is 2.61. The van der Waals surface area contributed by atoms with Crippen molar-refractivity contribution in [2.24, 2.45) is 5.92 Å². The summed E-state index contributed by atoms with van der Waals surface area (Å²) in [6, 6.07) is 5.10. The van der Waals surface area contributed by atoms with Crippen molar-refractivity contribution in [1.29, 1.82) is 0 Å². The highest BCUT2D eigenvalue weighted by atomic mass is 16.6. The standard InChI is InChI=1S/C29H38N6O6/c1-28(2,3)41-27(40)30-22-14-8-6-4-5-7-11-18-16-29(18,26(38)39)31-24(36)23-15-19(17-34(23)25(22)37)35-32-20-12-9-10-13-21(20)33-35/h7,9-13,18-19,22-23H,4-6,8,14-17H2,1-3H3,(H,30,40)(H,31,36)(H,38,39)/b11-7-/t18?,19-,22?,23?,29?/m1/s1. The first-order valence-corrected chi connectivity index (χ1v) is 14.3. The van der Waals surface area contributed by atoms with Crippen LogP contribution in [0.4, 0.5) is 4.79 Å². The molecule has 12 nitrogen and oxygen atoms in total. The second-order valence-electron chi connectivity index (χ2n) is 12.2. The van der Waals surface area contributed by atoms with Crippen molar-refractivity contribution < 1.29 is 29.0 Å². The van der Waals surface area contributed by atoms with Gasteiger partial charge in [-0.3, -0.25) is 9.59 Å². The third-order valence-electron chi connectivity index (χ3n) is 7.96. The molecule has 2 aliphatic heterocycles. The van der Waals surface area contributed by atoms with Crippen LogP contribution in [0.1, 0.15) is 71.8 Å². The monoisotopic (exact) mass is 566 g/mol. The highest BCUT2D eigenvalue weighted by molar-refractivity contribution is 5.96. The van der Waals surface area contributed by atoms with E-state index in [9.17, 15) is 24.3 Å². The summed E-state index contributed by atoms with van der Waals surface area (Å²) in [5.74, 6) is -2.36. The van der Waals surface area contributed by atoms with Crippen LogP contribution in [0.3, 0.4) is 0 Å². The first-order valence-electron chi connectivity index (χ1n) is 14.3. The molecular formula is C29H38N6O6. The molecule has 0 radical (unpaired) electrons. The first kappa shape index (κ1) is 28.6. The lowest BCUT2D eigenvalue weighted by molar-refractivity contribution is -0.145. The zero-order valence-electron chi connectivity index (χ0n) is 23.7. The molecule has 220 valence electrons. The van der Waals surface area contributed by atoms with Gasteiger partial charge in [-0.15, -0.1) is 0 Å².